The van der Waals surface area contributed by atoms with E-state index in [1.54, 1.807) is 25.1 Å². The highest BCUT2D eigenvalue weighted by molar-refractivity contribution is 7.99. The van der Waals surface area contributed by atoms with Crippen molar-refractivity contribution in [2.24, 2.45) is 0 Å². The third kappa shape index (κ3) is 5.48. The van der Waals surface area contributed by atoms with Gasteiger partial charge in [0.2, 0.25) is 5.91 Å². The van der Waals surface area contributed by atoms with Crippen molar-refractivity contribution in [3.8, 4) is 11.3 Å². The molecule has 3 rings (SSSR count). The molecule has 3 aromatic rings. The lowest BCUT2D eigenvalue weighted by molar-refractivity contribution is -0.141. The number of rotatable bonds is 5. The molecule has 1 N–H and O–H groups in total. The van der Waals surface area contributed by atoms with Gasteiger partial charge in [-0.3, -0.25) is 4.79 Å². The molecule has 0 fully saturated rings. The third-order valence-corrected chi connectivity index (χ3v) is 5.27. The first-order chi connectivity index (χ1) is 14.1. The molecule has 1 heterocycles. The highest BCUT2D eigenvalue weighted by Gasteiger charge is 2.34. The summed E-state index contributed by atoms with van der Waals surface area (Å²) in [5.41, 5.74) is 0.304. The van der Waals surface area contributed by atoms with Crippen LogP contribution in [-0.4, -0.2) is 21.6 Å². The fraction of sp³-hybridized carbons (Fsp3) is 0.150. The predicted molar refractivity (Wildman–Crippen MR) is 108 cm³/mol. The molecule has 0 saturated heterocycles. The van der Waals surface area contributed by atoms with Gasteiger partial charge in [-0.1, -0.05) is 29.4 Å². The maximum atomic E-state index is 13.2. The lowest BCUT2D eigenvalue weighted by Crippen LogP contribution is -2.16. The van der Waals surface area contributed by atoms with Crippen molar-refractivity contribution in [3.05, 3.63) is 70.6 Å². The standard InChI is InChI=1S/C20H14ClF4N3OS/c1-11-14(21)3-2-4-15(11)26-18(29)10-30-19-27-16(9-17(28-19)20(23,24)25)12-5-7-13(22)8-6-12/h2-9H,10H2,1H3,(H,26,29). The second-order valence-electron chi connectivity index (χ2n) is 6.17. The Hall–Kier alpha value is -2.65. The van der Waals surface area contributed by atoms with Crippen LogP contribution in [-0.2, 0) is 11.0 Å². The summed E-state index contributed by atoms with van der Waals surface area (Å²) in [7, 11) is 0. The second kappa shape index (κ2) is 9.01. The smallest absolute Gasteiger partial charge is 0.325 e. The van der Waals surface area contributed by atoms with E-state index in [1.165, 1.54) is 12.1 Å². The van der Waals surface area contributed by atoms with Crippen LogP contribution in [0.25, 0.3) is 11.3 Å². The summed E-state index contributed by atoms with van der Waals surface area (Å²) >= 11 is 6.77. The van der Waals surface area contributed by atoms with Gasteiger partial charge in [0.05, 0.1) is 11.4 Å². The predicted octanol–water partition coefficient (Wildman–Crippen LogP) is 5.99. The lowest BCUT2D eigenvalue weighted by Gasteiger charge is -2.11. The minimum Gasteiger partial charge on any atom is -0.325 e. The first-order valence-electron chi connectivity index (χ1n) is 8.53. The number of benzene rings is 2. The molecule has 0 atom stereocenters. The Balaban J connectivity index is 1.80. The van der Waals surface area contributed by atoms with Crippen molar-refractivity contribution in [2.75, 3.05) is 11.1 Å². The van der Waals surface area contributed by atoms with Crippen LogP contribution in [0.3, 0.4) is 0 Å². The van der Waals surface area contributed by atoms with Crippen molar-refractivity contribution in [1.29, 1.82) is 0 Å². The van der Waals surface area contributed by atoms with Gasteiger partial charge in [0.1, 0.15) is 11.5 Å². The third-order valence-electron chi connectivity index (χ3n) is 4.01. The Morgan fingerprint density at radius 3 is 2.50 bits per heavy atom. The zero-order chi connectivity index (χ0) is 21.9. The van der Waals surface area contributed by atoms with E-state index in [-0.39, 0.29) is 16.6 Å². The van der Waals surface area contributed by atoms with Gasteiger partial charge in [0, 0.05) is 16.3 Å². The average Bonchev–Trinajstić information content (AvgIpc) is 2.69. The number of carbonyl (C=O) groups excluding carboxylic acids is 1. The maximum absolute atomic E-state index is 13.2. The molecule has 0 saturated carbocycles. The Morgan fingerprint density at radius 2 is 1.83 bits per heavy atom. The van der Waals surface area contributed by atoms with Crippen molar-refractivity contribution >= 4 is 35.0 Å². The number of thioether (sulfide) groups is 1. The van der Waals surface area contributed by atoms with Crippen LogP contribution in [0.4, 0.5) is 23.2 Å². The molecular formula is C20H14ClF4N3OS. The number of anilines is 1. The molecule has 2 aromatic carbocycles. The monoisotopic (exact) mass is 455 g/mol. The number of nitrogens with one attached hydrogen (secondary N) is 1. The van der Waals surface area contributed by atoms with Gasteiger partial charge < -0.3 is 5.32 Å². The summed E-state index contributed by atoms with van der Waals surface area (Å²) in [5, 5.41) is 2.91. The van der Waals surface area contributed by atoms with Crippen molar-refractivity contribution < 1.29 is 22.4 Å². The highest BCUT2D eigenvalue weighted by atomic mass is 35.5. The van der Waals surface area contributed by atoms with Crippen molar-refractivity contribution in [1.82, 2.24) is 9.97 Å². The number of aromatic nitrogens is 2. The van der Waals surface area contributed by atoms with Crippen LogP contribution >= 0.6 is 23.4 Å². The number of halogens is 5. The van der Waals surface area contributed by atoms with Gasteiger partial charge in [-0.2, -0.15) is 13.2 Å². The van der Waals surface area contributed by atoms with Gasteiger partial charge in [0.15, 0.2) is 5.16 Å². The molecule has 0 spiro atoms. The highest BCUT2D eigenvalue weighted by Crippen LogP contribution is 2.32. The summed E-state index contributed by atoms with van der Waals surface area (Å²) in [6, 6.07) is 10.7. The molecule has 10 heteroatoms. The van der Waals surface area contributed by atoms with Gasteiger partial charge in [-0.25, -0.2) is 14.4 Å². The number of alkyl halides is 3. The summed E-state index contributed by atoms with van der Waals surface area (Å²) in [6.07, 6.45) is -4.70. The van der Waals surface area contributed by atoms with E-state index in [4.69, 9.17) is 11.6 Å². The Morgan fingerprint density at radius 1 is 1.13 bits per heavy atom. The largest absolute Gasteiger partial charge is 0.433 e. The van der Waals surface area contributed by atoms with Gasteiger partial charge >= 0.3 is 6.18 Å². The van der Waals surface area contributed by atoms with E-state index in [0.717, 1.165) is 30.0 Å². The van der Waals surface area contributed by atoms with Gasteiger partial charge in [-0.05, 0) is 55.0 Å². The van der Waals surface area contributed by atoms with E-state index in [0.29, 0.717) is 21.8 Å². The molecular weight excluding hydrogens is 442 g/mol. The first kappa shape index (κ1) is 22.0. The maximum Gasteiger partial charge on any atom is 0.433 e. The van der Waals surface area contributed by atoms with E-state index in [9.17, 15) is 22.4 Å². The molecule has 1 aromatic heterocycles. The second-order valence-corrected chi connectivity index (χ2v) is 7.52. The van der Waals surface area contributed by atoms with E-state index >= 15 is 0 Å². The van der Waals surface area contributed by atoms with Crippen LogP contribution in [0.5, 0.6) is 0 Å². The minimum absolute atomic E-state index is 0.0223. The Labute approximate surface area is 178 Å². The first-order valence-corrected chi connectivity index (χ1v) is 9.90. The fourth-order valence-corrected chi connectivity index (χ4v) is 3.30. The zero-order valence-corrected chi connectivity index (χ0v) is 17.0. The summed E-state index contributed by atoms with van der Waals surface area (Å²) < 4.78 is 52.9. The molecule has 4 nitrogen and oxygen atoms in total. The van der Waals surface area contributed by atoms with E-state index in [1.807, 2.05) is 0 Å². The number of amides is 1. The molecule has 0 unspecified atom stereocenters. The molecule has 30 heavy (non-hydrogen) atoms. The van der Waals surface area contributed by atoms with Gasteiger partial charge in [-0.15, -0.1) is 0 Å². The Kier molecular flexibility index (Phi) is 6.62. The fourth-order valence-electron chi connectivity index (χ4n) is 2.46. The number of nitrogens with zero attached hydrogens (tertiary/aromatic N) is 2. The van der Waals surface area contributed by atoms with Crippen LogP contribution in [0.2, 0.25) is 5.02 Å². The quantitative estimate of drug-likeness (QED) is 0.291. The van der Waals surface area contributed by atoms with Crippen LogP contribution in [0.1, 0.15) is 11.3 Å². The lowest BCUT2D eigenvalue weighted by atomic mass is 10.1. The number of carbonyl (C=O) groups is 1. The molecule has 0 bridgehead atoms. The topological polar surface area (TPSA) is 54.9 Å². The van der Waals surface area contributed by atoms with E-state index in [2.05, 4.69) is 15.3 Å². The SMILES string of the molecule is Cc1c(Cl)cccc1NC(=O)CSc1nc(-c2ccc(F)cc2)cc(C(F)(F)F)n1. The van der Waals surface area contributed by atoms with Gasteiger partial charge in [0.25, 0.3) is 0 Å². The average molecular weight is 456 g/mol. The molecule has 1 amide bonds. The zero-order valence-electron chi connectivity index (χ0n) is 15.4. The van der Waals surface area contributed by atoms with Crippen molar-refractivity contribution in [3.63, 3.8) is 0 Å². The number of hydrogen-bond donors (Lipinski definition) is 1. The van der Waals surface area contributed by atoms with Crippen LogP contribution < -0.4 is 5.32 Å². The molecule has 0 radical (unpaired) electrons. The Bertz CT molecular complexity index is 1070. The molecule has 156 valence electrons. The normalized spacial score (nSPS) is 11.4. The van der Waals surface area contributed by atoms with E-state index < -0.39 is 23.6 Å². The molecule has 0 aliphatic heterocycles. The molecule has 0 aliphatic carbocycles. The minimum atomic E-state index is -4.70. The summed E-state index contributed by atoms with van der Waals surface area (Å²) in [4.78, 5) is 19.8. The van der Waals surface area contributed by atoms with Crippen LogP contribution in [0.15, 0.2) is 53.7 Å². The summed E-state index contributed by atoms with van der Waals surface area (Å²) in [5.74, 6) is -1.18. The van der Waals surface area contributed by atoms with Crippen LogP contribution in [0, 0.1) is 12.7 Å². The van der Waals surface area contributed by atoms with Crippen molar-refractivity contribution in [2.45, 2.75) is 18.3 Å². The number of hydrogen-bond acceptors (Lipinski definition) is 4. The molecule has 0 aliphatic rings. The summed E-state index contributed by atoms with van der Waals surface area (Å²) in [6.45, 7) is 1.73.